The Balaban J connectivity index is 2.38. The molecule has 0 aliphatic heterocycles. The van der Waals surface area contributed by atoms with Crippen molar-refractivity contribution in [2.24, 2.45) is 0 Å². The third-order valence-electron chi connectivity index (χ3n) is 2.44. The molecule has 1 heterocycles. The number of methoxy groups -OCH3 is 1. The van der Waals surface area contributed by atoms with Gasteiger partial charge < -0.3 is 9.47 Å². The molecule has 1 aromatic carbocycles. The van der Waals surface area contributed by atoms with Crippen LogP contribution in [-0.2, 0) is 0 Å². The number of aromatic nitrogens is 1. The maximum Gasteiger partial charge on any atom is 0.273 e. The van der Waals surface area contributed by atoms with Crippen LogP contribution in [0.3, 0.4) is 0 Å². The van der Waals surface area contributed by atoms with Crippen LogP contribution in [0.2, 0.25) is 0 Å². The van der Waals surface area contributed by atoms with E-state index in [2.05, 4.69) is 4.98 Å². The van der Waals surface area contributed by atoms with Gasteiger partial charge in [0.05, 0.1) is 29.7 Å². The molecule has 2 rings (SSSR count). The van der Waals surface area contributed by atoms with Crippen LogP contribution in [0.5, 0.6) is 17.4 Å². The summed E-state index contributed by atoms with van der Waals surface area (Å²) < 4.78 is 10.5. The van der Waals surface area contributed by atoms with E-state index in [4.69, 9.17) is 14.7 Å². The molecule has 0 amide bonds. The smallest absolute Gasteiger partial charge is 0.273 e. The minimum atomic E-state index is -0.536. The van der Waals surface area contributed by atoms with E-state index in [-0.39, 0.29) is 17.3 Å². The summed E-state index contributed by atoms with van der Waals surface area (Å²) >= 11 is 0. The SMILES string of the molecule is COc1ccc([N+](=O)[O-])cc1Oc1cc(C#N)ccn1. The quantitative estimate of drug-likeness (QED) is 0.626. The second kappa shape index (κ2) is 5.67. The van der Waals surface area contributed by atoms with Crippen molar-refractivity contribution in [3.63, 3.8) is 0 Å². The lowest BCUT2D eigenvalue weighted by Crippen LogP contribution is -1.95. The molecule has 7 heteroatoms. The van der Waals surface area contributed by atoms with E-state index in [0.29, 0.717) is 11.3 Å². The van der Waals surface area contributed by atoms with Gasteiger partial charge in [0.2, 0.25) is 5.88 Å². The molecule has 7 nitrogen and oxygen atoms in total. The minimum Gasteiger partial charge on any atom is -0.493 e. The van der Waals surface area contributed by atoms with E-state index < -0.39 is 4.92 Å². The second-order valence-corrected chi connectivity index (χ2v) is 3.69. The van der Waals surface area contributed by atoms with Gasteiger partial charge in [0.15, 0.2) is 11.5 Å². The highest BCUT2D eigenvalue weighted by atomic mass is 16.6. The molecule has 100 valence electrons. The first kappa shape index (κ1) is 13.3. The molecule has 0 radical (unpaired) electrons. The Kier molecular flexibility index (Phi) is 3.77. The molecule has 0 fully saturated rings. The number of hydrogen-bond donors (Lipinski definition) is 0. The molecular formula is C13H9N3O4. The van der Waals surface area contributed by atoms with Crippen molar-refractivity contribution >= 4 is 5.69 Å². The van der Waals surface area contributed by atoms with Gasteiger partial charge in [-0.3, -0.25) is 10.1 Å². The Hall–Kier alpha value is -3.14. The predicted octanol–water partition coefficient (Wildman–Crippen LogP) is 2.66. The number of benzene rings is 1. The Labute approximate surface area is 114 Å². The monoisotopic (exact) mass is 271 g/mol. The van der Waals surface area contributed by atoms with Crippen molar-refractivity contribution in [2.45, 2.75) is 0 Å². The van der Waals surface area contributed by atoms with E-state index in [1.165, 1.54) is 43.6 Å². The summed E-state index contributed by atoms with van der Waals surface area (Å²) in [6.07, 6.45) is 1.41. The van der Waals surface area contributed by atoms with Gasteiger partial charge in [-0.2, -0.15) is 5.26 Å². The van der Waals surface area contributed by atoms with Crippen molar-refractivity contribution in [1.82, 2.24) is 4.98 Å². The molecule has 0 unspecified atom stereocenters. The molecule has 0 aliphatic carbocycles. The van der Waals surface area contributed by atoms with E-state index in [1.807, 2.05) is 6.07 Å². The van der Waals surface area contributed by atoms with Gasteiger partial charge in [0, 0.05) is 18.3 Å². The summed E-state index contributed by atoms with van der Waals surface area (Å²) in [6.45, 7) is 0. The fourth-order valence-corrected chi connectivity index (χ4v) is 1.51. The van der Waals surface area contributed by atoms with Gasteiger partial charge in [-0.15, -0.1) is 0 Å². The summed E-state index contributed by atoms with van der Waals surface area (Å²) in [5.41, 5.74) is 0.247. The molecule has 0 saturated heterocycles. The van der Waals surface area contributed by atoms with Crippen molar-refractivity contribution in [1.29, 1.82) is 5.26 Å². The molecule has 0 N–H and O–H groups in total. The fourth-order valence-electron chi connectivity index (χ4n) is 1.51. The number of nitro benzene ring substituents is 1. The van der Waals surface area contributed by atoms with E-state index >= 15 is 0 Å². The van der Waals surface area contributed by atoms with Crippen LogP contribution in [-0.4, -0.2) is 17.0 Å². The maximum absolute atomic E-state index is 10.8. The molecule has 0 saturated carbocycles. The highest BCUT2D eigenvalue weighted by molar-refractivity contribution is 5.50. The molecule has 0 bridgehead atoms. The Bertz CT molecular complexity index is 694. The van der Waals surface area contributed by atoms with Crippen LogP contribution in [0, 0.1) is 21.4 Å². The fraction of sp³-hybridized carbons (Fsp3) is 0.0769. The van der Waals surface area contributed by atoms with Crippen LogP contribution < -0.4 is 9.47 Å². The number of pyridine rings is 1. The zero-order valence-corrected chi connectivity index (χ0v) is 10.4. The van der Waals surface area contributed by atoms with Crippen LogP contribution in [0.4, 0.5) is 5.69 Å². The normalized spacial score (nSPS) is 9.60. The molecule has 20 heavy (non-hydrogen) atoms. The van der Waals surface area contributed by atoms with Crippen molar-refractivity contribution in [2.75, 3.05) is 7.11 Å². The summed E-state index contributed by atoms with van der Waals surface area (Å²) in [5.74, 6) is 0.645. The van der Waals surface area contributed by atoms with Crippen molar-refractivity contribution < 1.29 is 14.4 Å². The zero-order valence-electron chi connectivity index (χ0n) is 10.4. The van der Waals surface area contributed by atoms with Gasteiger partial charge in [-0.25, -0.2) is 4.98 Å². The van der Waals surface area contributed by atoms with Crippen molar-refractivity contribution in [3.8, 4) is 23.4 Å². The van der Waals surface area contributed by atoms with Gasteiger partial charge in [-0.05, 0) is 12.1 Å². The summed E-state index contributed by atoms with van der Waals surface area (Å²) in [4.78, 5) is 14.2. The zero-order chi connectivity index (χ0) is 14.5. The topological polar surface area (TPSA) is 98.3 Å². The lowest BCUT2D eigenvalue weighted by molar-refractivity contribution is -0.384. The summed E-state index contributed by atoms with van der Waals surface area (Å²) in [7, 11) is 1.42. The third-order valence-corrected chi connectivity index (χ3v) is 2.44. The average Bonchev–Trinajstić information content (AvgIpc) is 2.47. The van der Waals surface area contributed by atoms with E-state index in [0.717, 1.165) is 0 Å². The first-order valence-corrected chi connectivity index (χ1v) is 5.50. The molecule has 0 aliphatic rings. The second-order valence-electron chi connectivity index (χ2n) is 3.69. The molecule has 0 spiro atoms. The highest BCUT2D eigenvalue weighted by Crippen LogP contribution is 2.34. The van der Waals surface area contributed by atoms with Crippen LogP contribution in [0.15, 0.2) is 36.5 Å². The molecule has 2 aromatic rings. The van der Waals surface area contributed by atoms with E-state index in [9.17, 15) is 10.1 Å². The molecule has 0 atom stereocenters. The number of ether oxygens (including phenoxy) is 2. The number of nitrogens with zero attached hydrogens (tertiary/aromatic N) is 3. The standard InChI is InChI=1S/C13H9N3O4/c1-19-11-3-2-10(16(17)18)7-12(11)20-13-6-9(8-14)4-5-15-13/h2-7H,1H3. The van der Waals surface area contributed by atoms with Gasteiger partial charge >= 0.3 is 0 Å². The highest BCUT2D eigenvalue weighted by Gasteiger charge is 2.13. The minimum absolute atomic E-state index is 0.128. The third kappa shape index (κ3) is 2.81. The molecule has 1 aromatic heterocycles. The number of non-ortho nitro benzene ring substituents is 1. The Morgan fingerprint density at radius 1 is 1.30 bits per heavy atom. The maximum atomic E-state index is 10.8. The van der Waals surface area contributed by atoms with Crippen molar-refractivity contribution in [3.05, 3.63) is 52.2 Å². The predicted molar refractivity (Wildman–Crippen MR) is 68.7 cm³/mol. The van der Waals surface area contributed by atoms with E-state index in [1.54, 1.807) is 0 Å². The largest absolute Gasteiger partial charge is 0.493 e. The summed E-state index contributed by atoms with van der Waals surface area (Å²) in [6, 6.07) is 8.88. The molecular weight excluding hydrogens is 262 g/mol. The number of nitro groups is 1. The van der Waals surface area contributed by atoms with Crippen LogP contribution in [0.1, 0.15) is 5.56 Å². The van der Waals surface area contributed by atoms with Crippen LogP contribution >= 0.6 is 0 Å². The van der Waals surface area contributed by atoms with Crippen LogP contribution in [0.25, 0.3) is 0 Å². The first-order chi connectivity index (χ1) is 9.63. The van der Waals surface area contributed by atoms with Gasteiger partial charge in [-0.1, -0.05) is 0 Å². The number of rotatable bonds is 4. The Morgan fingerprint density at radius 3 is 2.75 bits per heavy atom. The average molecular weight is 271 g/mol. The Morgan fingerprint density at radius 2 is 2.10 bits per heavy atom. The number of hydrogen-bond acceptors (Lipinski definition) is 6. The summed E-state index contributed by atoms with van der Waals surface area (Å²) in [5, 5.41) is 19.6. The lowest BCUT2D eigenvalue weighted by Gasteiger charge is -2.09. The van der Waals surface area contributed by atoms with Gasteiger partial charge in [0.1, 0.15) is 0 Å². The number of nitriles is 1. The lowest BCUT2D eigenvalue weighted by atomic mass is 10.2. The first-order valence-electron chi connectivity index (χ1n) is 5.50. The van der Waals surface area contributed by atoms with Gasteiger partial charge in [0.25, 0.3) is 5.69 Å².